The molecule has 0 aliphatic carbocycles. The van der Waals surface area contributed by atoms with Gasteiger partial charge in [-0.1, -0.05) is 15.9 Å². The first kappa shape index (κ1) is 14.9. The van der Waals surface area contributed by atoms with Crippen LogP contribution in [0.2, 0.25) is 0 Å². The van der Waals surface area contributed by atoms with Crippen molar-refractivity contribution in [2.75, 3.05) is 13.1 Å². The van der Waals surface area contributed by atoms with Gasteiger partial charge >= 0.3 is 0 Å². The van der Waals surface area contributed by atoms with Crippen LogP contribution in [0.15, 0.2) is 28.7 Å². The van der Waals surface area contributed by atoms with E-state index in [1.807, 2.05) is 36.1 Å². The molecule has 1 N–H and O–H groups in total. The molecule has 2 aliphatic heterocycles. The molecule has 3 atom stereocenters. The standard InChI is InChI=1S/C16H21BrN2O2/c1-11(21-15-6-2-12(17)3-7-15)16(20)19-9-8-13-4-5-14(10-19)18-13/h2-3,6-7,11,13-14,18H,4-5,8-10H2,1H3. The Morgan fingerprint density at radius 2 is 2.00 bits per heavy atom. The molecule has 2 aliphatic rings. The van der Waals surface area contributed by atoms with Gasteiger partial charge in [-0.25, -0.2) is 0 Å². The first-order chi connectivity index (χ1) is 10.1. The van der Waals surface area contributed by atoms with Crippen LogP contribution in [-0.2, 0) is 4.79 Å². The summed E-state index contributed by atoms with van der Waals surface area (Å²) in [6.07, 6.45) is 3.03. The molecule has 2 heterocycles. The number of nitrogens with one attached hydrogen (secondary N) is 1. The van der Waals surface area contributed by atoms with Gasteiger partial charge in [-0.05, 0) is 50.5 Å². The minimum absolute atomic E-state index is 0.0901. The van der Waals surface area contributed by atoms with Crippen LogP contribution in [0.3, 0.4) is 0 Å². The van der Waals surface area contributed by atoms with Crippen molar-refractivity contribution in [1.29, 1.82) is 0 Å². The quantitative estimate of drug-likeness (QED) is 0.908. The summed E-state index contributed by atoms with van der Waals surface area (Å²) in [7, 11) is 0. The minimum atomic E-state index is -0.442. The van der Waals surface area contributed by atoms with Crippen molar-refractivity contribution in [2.24, 2.45) is 0 Å². The number of ether oxygens (including phenoxy) is 1. The lowest BCUT2D eigenvalue weighted by molar-refractivity contribution is -0.138. The van der Waals surface area contributed by atoms with Crippen molar-refractivity contribution in [3.63, 3.8) is 0 Å². The maximum atomic E-state index is 12.6. The van der Waals surface area contributed by atoms with E-state index in [1.54, 1.807) is 0 Å². The predicted octanol–water partition coefficient (Wildman–Crippen LogP) is 2.57. The second-order valence-corrected chi connectivity index (χ2v) is 6.84. The summed E-state index contributed by atoms with van der Waals surface area (Å²) in [5.41, 5.74) is 0. The summed E-state index contributed by atoms with van der Waals surface area (Å²) in [5, 5.41) is 3.59. The first-order valence-corrected chi connectivity index (χ1v) is 8.38. The van der Waals surface area contributed by atoms with Crippen LogP contribution in [0, 0.1) is 0 Å². The molecule has 2 saturated heterocycles. The van der Waals surface area contributed by atoms with E-state index in [4.69, 9.17) is 4.74 Å². The van der Waals surface area contributed by atoms with Crippen LogP contribution in [0.1, 0.15) is 26.2 Å². The van der Waals surface area contributed by atoms with E-state index >= 15 is 0 Å². The van der Waals surface area contributed by atoms with Crippen molar-refractivity contribution in [3.05, 3.63) is 28.7 Å². The van der Waals surface area contributed by atoms with E-state index in [1.165, 1.54) is 12.8 Å². The highest BCUT2D eigenvalue weighted by molar-refractivity contribution is 9.10. The summed E-state index contributed by atoms with van der Waals surface area (Å²) >= 11 is 3.39. The molecule has 1 aromatic carbocycles. The van der Waals surface area contributed by atoms with Gasteiger partial charge in [0, 0.05) is 29.6 Å². The number of hydrogen-bond acceptors (Lipinski definition) is 3. The molecule has 1 amide bonds. The van der Waals surface area contributed by atoms with Crippen LogP contribution in [-0.4, -0.2) is 42.1 Å². The molecule has 0 saturated carbocycles. The number of fused-ring (bicyclic) bond motifs is 2. The Hall–Kier alpha value is -1.07. The topological polar surface area (TPSA) is 41.6 Å². The number of carbonyl (C=O) groups is 1. The van der Waals surface area contributed by atoms with E-state index in [2.05, 4.69) is 21.2 Å². The van der Waals surface area contributed by atoms with Gasteiger partial charge in [0.05, 0.1) is 0 Å². The van der Waals surface area contributed by atoms with Gasteiger partial charge in [-0.15, -0.1) is 0 Å². The Bertz CT molecular complexity index is 506. The van der Waals surface area contributed by atoms with Crippen LogP contribution < -0.4 is 10.1 Å². The number of amides is 1. The third-order valence-corrected chi connectivity index (χ3v) is 4.84. The molecule has 4 nitrogen and oxygen atoms in total. The zero-order valence-electron chi connectivity index (χ0n) is 12.2. The highest BCUT2D eigenvalue weighted by atomic mass is 79.9. The molecule has 21 heavy (non-hydrogen) atoms. The van der Waals surface area contributed by atoms with Crippen LogP contribution in [0.4, 0.5) is 0 Å². The van der Waals surface area contributed by atoms with Gasteiger partial charge in [0.15, 0.2) is 6.10 Å². The highest BCUT2D eigenvalue weighted by Crippen LogP contribution is 2.22. The molecule has 3 rings (SSSR count). The number of halogens is 1. The molecule has 2 fully saturated rings. The number of nitrogens with zero attached hydrogens (tertiary/aromatic N) is 1. The highest BCUT2D eigenvalue weighted by Gasteiger charge is 2.32. The van der Waals surface area contributed by atoms with Crippen LogP contribution in [0.25, 0.3) is 0 Å². The summed E-state index contributed by atoms with van der Waals surface area (Å²) in [5.74, 6) is 0.820. The number of carbonyl (C=O) groups excluding carboxylic acids is 1. The first-order valence-electron chi connectivity index (χ1n) is 7.59. The molecule has 3 unspecified atom stereocenters. The maximum Gasteiger partial charge on any atom is 0.263 e. The number of likely N-dealkylation sites (tertiary alicyclic amines) is 1. The van der Waals surface area contributed by atoms with E-state index in [9.17, 15) is 4.79 Å². The maximum absolute atomic E-state index is 12.6. The normalized spacial score (nSPS) is 26.3. The lowest BCUT2D eigenvalue weighted by Gasteiger charge is -2.27. The fourth-order valence-electron chi connectivity index (χ4n) is 3.17. The lowest BCUT2D eigenvalue weighted by Crippen LogP contribution is -2.44. The summed E-state index contributed by atoms with van der Waals surface area (Å²) in [6, 6.07) is 8.64. The van der Waals surface area contributed by atoms with Gasteiger partial charge in [0.2, 0.25) is 0 Å². The average Bonchev–Trinajstić information content (AvgIpc) is 2.80. The largest absolute Gasteiger partial charge is 0.481 e. The second kappa shape index (κ2) is 6.36. The van der Waals surface area contributed by atoms with E-state index in [-0.39, 0.29) is 5.91 Å². The van der Waals surface area contributed by atoms with Crippen molar-refractivity contribution in [1.82, 2.24) is 10.2 Å². The molecule has 0 radical (unpaired) electrons. The van der Waals surface area contributed by atoms with Gasteiger partial charge in [-0.3, -0.25) is 4.79 Å². The zero-order chi connectivity index (χ0) is 14.8. The Kier molecular flexibility index (Phi) is 4.50. The third-order valence-electron chi connectivity index (χ3n) is 4.31. The van der Waals surface area contributed by atoms with Crippen molar-refractivity contribution >= 4 is 21.8 Å². The Balaban J connectivity index is 1.60. The zero-order valence-corrected chi connectivity index (χ0v) is 13.8. The Morgan fingerprint density at radius 1 is 1.29 bits per heavy atom. The lowest BCUT2D eigenvalue weighted by atomic mass is 10.1. The van der Waals surface area contributed by atoms with Gasteiger partial charge in [0.25, 0.3) is 5.91 Å². The summed E-state index contributed by atoms with van der Waals surface area (Å²) in [6.45, 7) is 3.48. The fourth-order valence-corrected chi connectivity index (χ4v) is 3.43. The van der Waals surface area contributed by atoms with Crippen molar-refractivity contribution in [3.8, 4) is 5.75 Å². The minimum Gasteiger partial charge on any atom is -0.481 e. The summed E-state index contributed by atoms with van der Waals surface area (Å²) in [4.78, 5) is 14.5. The van der Waals surface area contributed by atoms with Gasteiger partial charge in [0.1, 0.15) is 5.75 Å². The molecular weight excluding hydrogens is 332 g/mol. The molecule has 114 valence electrons. The number of rotatable bonds is 3. The van der Waals surface area contributed by atoms with Crippen molar-refractivity contribution < 1.29 is 9.53 Å². The predicted molar refractivity (Wildman–Crippen MR) is 85.4 cm³/mol. The van der Waals surface area contributed by atoms with Crippen LogP contribution >= 0.6 is 15.9 Å². The molecular formula is C16H21BrN2O2. The third kappa shape index (κ3) is 3.58. The van der Waals surface area contributed by atoms with Crippen molar-refractivity contribution in [2.45, 2.75) is 44.4 Å². The van der Waals surface area contributed by atoms with Gasteiger partial charge in [-0.2, -0.15) is 0 Å². The van der Waals surface area contributed by atoms with Gasteiger partial charge < -0.3 is 15.0 Å². The van der Waals surface area contributed by atoms with E-state index in [0.29, 0.717) is 12.1 Å². The number of benzene rings is 1. The number of hydrogen-bond donors (Lipinski definition) is 1. The Labute approximate surface area is 134 Å². The molecule has 0 spiro atoms. The molecule has 0 aromatic heterocycles. The molecule has 1 aromatic rings. The Morgan fingerprint density at radius 3 is 2.76 bits per heavy atom. The SMILES string of the molecule is CC(Oc1ccc(Br)cc1)C(=O)N1CCC2CCC(C1)N2. The molecule has 2 bridgehead atoms. The smallest absolute Gasteiger partial charge is 0.263 e. The molecule has 5 heteroatoms. The van der Waals surface area contributed by atoms with E-state index in [0.717, 1.165) is 29.7 Å². The van der Waals surface area contributed by atoms with E-state index < -0.39 is 6.10 Å². The fraction of sp³-hybridized carbons (Fsp3) is 0.562. The monoisotopic (exact) mass is 352 g/mol. The van der Waals surface area contributed by atoms with Crippen LogP contribution in [0.5, 0.6) is 5.75 Å². The average molecular weight is 353 g/mol. The second-order valence-electron chi connectivity index (χ2n) is 5.92. The summed E-state index contributed by atoms with van der Waals surface area (Å²) < 4.78 is 6.78.